The van der Waals surface area contributed by atoms with Gasteiger partial charge in [0.15, 0.2) is 0 Å². The number of thiophene rings is 1. The summed E-state index contributed by atoms with van der Waals surface area (Å²) in [7, 11) is 0. The van der Waals surface area contributed by atoms with Gasteiger partial charge in [0.2, 0.25) is 5.91 Å². The van der Waals surface area contributed by atoms with Crippen molar-refractivity contribution in [1.82, 2.24) is 9.88 Å². The van der Waals surface area contributed by atoms with Gasteiger partial charge in [-0.05, 0) is 37.1 Å². The maximum atomic E-state index is 11.7. The van der Waals surface area contributed by atoms with Gasteiger partial charge in [0.05, 0.1) is 19.3 Å². The first-order chi connectivity index (χ1) is 11.6. The van der Waals surface area contributed by atoms with E-state index in [1.807, 2.05) is 12.4 Å². The molecule has 1 fully saturated rings. The standard InChI is InChI=1S/C18H23N3O2S/c1-12-13(2)24-18(20-14(3)22)16(12)17(15-4-6-19-7-5-15)21-8-10-23-11-9-21/h4-7,17H,8-11H2,1-3H3,(H,20,22)/t17-/m1/s1. The summed E-state index contributed by atoms with van der Waals surface area (Å²) in [5, 5.41) is 3.98. The highest BCUT2D eigenvalue weighted by molar-refractivity contribution is 7.16. The highest BCUT2D eigenvalue weighted by Gasteiger charge is 2.30. The third-order valence-electron chi connectivity index (χ3n) is 4.43. The van der Waals surface area contributed by atoms with Gasteiger partial charge in [-0.15, -0.1) is 11.3 Å². The Hall–Kier alpha value is -1.76. The van der Waals surface area contributed by atoms with Gasteiger partial charge >= 0.3 is 0 Å². The number of anilines is 1. The van der Waals surface area contributed by atoms with Crippen molar-refractivity contribution in [3.8, 4) is 0 Å². The number of aryl methyl sites for hydroxylation is 1. The third kappa shape index (κ3) is 3.50. The zero-order valence-electron chi connectivity index (χ0n) is 14.3. The van der Waals surface area contributed by atoms with Crippen molar-refractivity contribution >= 4 is 22.2 Å². The summed E-state index contributed by atoms with van der Waals surface area (Å²) in [6.45, 7) is 9.03. The Morgan fingerprint density at radius 2 is 1.96 bits per heavy atom. The van der Waals surface area contributed by atoms with Crippen LogP contribution in [0, 0.1) is 13.8 Å². The van der Waals surface area contributed by atoms with Gasteiger partial charge in [-0.3, -0.25) is 14.7 Å². The molecule has 6 heteroatoms. The van der Waals surface area contributed by atoms with Crippen LogP contribution in [0.5, 0.6) is 0 Å². The second kappa shape index (κ2) is 7.42. The Morgan fingerprint density at radius 3 is 2.58 bits per heavy atom. The van der Waals surface area contributed by atoms with Crippen LogP contribution in [-0.2, 0) is 9.53 Å². The van der Waals surface area contributed by atoms with Crippen molar-refractivity contribution < 1.29 is 9.53 Å². The van der Waals surface area contributed by atoms with E-state index in [-0.39, 0.29) is 11.9 Å². The highest BCUT2D eigenvalue weighted by Crippen LogP contribution is 2.42. The summed E-state index contributed by atoms with van der Waals surface area (Å²) in [4.78, 5) is 19.5. The molecule has 128 valence electrons. The lowest BCUT2D eigenvalue weighted by molar-refractivity contribution is -0.114. The minimum absolute atomic E-state index is 0.0343. The predicted molar refractivity (Wildman–Crippen MR) is 96.6 cm³/mol. The lowest BCUT2D eigenvalue weighted by Crippen LogP contribution is -2.39. The molecule has 1 amide bonds. The number of nitrogens with one attached hydrogen (secondary N) is 1. The normalized spacial score (nSPS) is 16.8. The molecule has 0 aliphatic carbocycles. The summed E-state index contributed by atoms with van der Waals surface area (Å²) < 4.78 is 5.53. The predicted octanol–water partition coefficient (Wildman–Crippen LogP) is 3.14. The molecule has 3 heterocycles. The largest absolute Gasteiger partial charge is 0.379 e. The van der Waals surface area contributed by atoms with Crippen LogP contribution < -0.4 is 5.32 Å². The second-order valence-corrected chi connectivity index (χ2v) is 7.26. The minimum Gasteiger partial charge on any atom is -0.379 e. The number of carbonyl (C=O) groups is 1. The maximum Gasteiger partial charge on any atom is 0.221 e. The van der Waals surface area contributed by atoms with Crippen molar-refractivity contribution in [2.45, 2.75) is 26.8 Å². The molecule has 1 aliphatic heterocycles. The van der Waals surface area contributed by atoms with Crippen molar-refractivity contribution in [2.75, 3.05) is 31.6 Å². The maximum absolute atomic E-state index is 11.7. The van der Waals surface area contributed by atoms with E-state index in [0.717, 1.165) is 31.3 Å². The molecule has 1 N–H and O–H groups in total. The Kier molecular flexibility index (Phi) is 5.28. The van der Waals surface area contributed by atoms with E-state index in [4.69, 9.17) is 4.74 Å². The number of carbonyl (C=O) groups excluding carboxylic acids is 1. The number of ether oxygens (including phenoxy) is 1. The molecule has 1 saturated heterocycles. The number of rotatable bonds is 4. The first-order valence-electron chi connectivity index (χ1n) is 8.17. The average molecular weight is 345 g/mol. The van der Waals surface area contributed by atoms with E-state index in [0.29, 0.717) is 0 Å². The molecule has 2 aromatic rings. The number of morpholine rings is 1. The molecule has 1 aliphatic rings. The molecular formula is C18H23N3O2S. The number of aromatic nitrogens is 1. The van der Waals surface area contributed by atoms with Gasteiger partial charge in [0.25, 0.3) is 0 Å². The zero-order chi connectivity index (χ0) is 17.1. The van der Waals surface area contributed by atoms with Gasteiger partial charge in [-0.1, -0.05) is 0 Å². The molecule has 3 rings (SSSR count). The van der Waals surface area contributed by atoms with Crippen molar-refractivity contribution in [1.29, 1.82) is 0 Å². The van der Waals surface area contributed by atoms with Crippen molar-refractivity contribution in [3.63, 3.8) is 0 Å². The smallest absolute Gasteiger partial charge is 0.221 e. The molecule has 1 atom stereocenters. The molecule has 0 saturated carbocycles. The Balaban J connectivity index is 2.10. The van der Waals surface area contributed by atoms with E-state index < -0.39 is 0 Å². The Bertz CT molecular complexity index is 709. The molecule has 0 radical (unpaired) electrons. The zero-order valence-corrected chi connectivity index (χ0v) is 15.2. The fourth-order valence-corrected chi connectivity index (χ4v) is 4.31. The SMILES string of the molecule is CC(=O)Nc1sc(C)c(C)c1[C@@H](c1ccncc1)N1CCOCC1. The van der Waals surface area contributed by atoms with Gasteiger partial charge in [0.1, 0.15) is 5.00 Å². The lowest BCUT2D eigenvalue weighted by Gasteiger charge is -2.35. The second-order valence-electron chi connectivity index (χ2n) is 6.04. The number of amides is 1. The first kappa shape index (κ1) is 17.1. The Morgan fingerprint density at radius 1 is 1.29 bits per heavy atom. The molecule has 2 aromatic heterocycles. The van der Waals surface area contributed by atoms with E-state index in [2.05, 4.69) is 41.2 Å². The minimum atomic E-state index is -0.0343. The third-order valence-corrected chi connectivity index (χ3v) is 5.57. The number of hydrogen-bond donors (Lipinski definition) is 1. The Labute approximate surface area is 146 Å². The van der Waals surface area contributed by atoms with Crippen molar-refractivity contribution in [3.05, 3.63) is 46.1 Å². The first-order valence-corrected chi connectivity index (χ1v) is 8.98. The fraction of sp³-hybridized carbons (Fsp3) is 0.444. The van der Waals surface area contributed by atoms with Gasteiger partial charge in [-0.2, -0.15) is 0 Å². The van der Waals surface area contributed by atoms with Crippen LogP contribution in [0.4, 0.5) is 5.00 Å². The van der Waals surface area contributed by atoms with Crippen LogP contribution >= 0.6 is 11.3 Å². The molecule has 0 aromatic carbocycles. The number of pyridine rings is 1. The van der Waals surface area contributed by atoms with Crippen LogP contribution in [0.2, 0.25) is 0 Å². The van der Waals surface area contributed by atoms with Gasteiger partial charge < -0.3 is 10.1 Å². The van der Waals surface area contributed by atoms with E-state index in [1.165, 1.54) is 21.6 Å². The van der Waals surface area contributed by atoms with Crippen molar-refractivity contribution in [2.24, 2.45) is 0 Å². The van der Waals surface area contributed by atoms with Crippen LogP contribution in [0.1, 0.15) is 34.5 Å². The summed E-state index contributed by atoms with van der Waals surface area (Å²) in [5.41, 5.74) is 3.64. The highest BCUT2D eigenvalue weighted by atomic mass is 32.1. The molecular weight excluding hydrogens is 322 g/mol. The monoisotopic (exact) mass is 345 g/mol. The quantitative estimate of drug-likeness (QED) is 0.925. The fourth-order valence-electron chi connectivity index (χ4n) is 3.17. The lowest BCUT2D eigenvalue weighted by atomic mass is 9.95. The summed E-state index contributed by atoms with van der Waals surface area (Å²) in [6.07, 6.45) is 3.66. The molecule has 0 spiro atoms. The number of nitrogens with zero attached hydrogens (tertiary/aromatic N) is 2. The topological polar surface area (TPSA) is 54.5 Å². The van der Waals surface area contributed by atoms with Gasteiger partial charge in [0, 0.05) is 42.8 Å². The van der Waals surface area contributed by atoms with E-state index >= 15 is 0 Å². The van der Waals surface area contributed by atoms with E-state index in [9.17, 15) is 4.79 Å². The van der Waals surface area contributed by atoms with Crippen LogP contribution in [-0.4, -0.2) is 42.1 Å². The van der Waals surface area contributed by atoms with Crippen LogP contribution in [0.25, 0.3) is 0 Å². The van der Waals surface area contributed by atoms with Gasteiger partial charge in [-0.25, -0.2) is 0 Å². The molecule has 0 unspecified atom stereocenters. The average Bonchev–Trinajstić information content (AvgIpc) is 2.84. The molecule has 0 bridgehead atoms. The summed E-state index contributed by atoms with van der Waals surface area (Å²) in [6, 6.07) is 4.22. The summed E-state index contributed by atoms with van der Waals surface area (Å²) >= 11 is 1.65. The molecule has 24 heavy (non-hydrogen) atoms. The van der Waals surface area contributed by atoms with Crippen LogP contribution in [0.3, 0.4) is 0 Å². The van der Waals surface area contributed by atoms with E-state index in [1.54, 1.807) is 18.3 Å². The molecule has 5 nitrogen and oxygen atoms in total. The van der Waals surface area contributed by atoms with Crippen LogP contribution in [0.15, 0.2) is 24.5 Å². The summed E-state index contributed by atoms with van der Waals surface area (Å²) in [5.74, 6) is -0.0343. The number of hydrogen-bond acceptors (Lipinski definition) is 5.